The minimum Gasteiger partial charge on any atom is -0.379 e. The van der Waals surface area contributed by atoms with Crippen molar-refractivity contribution >= 4 is 5.96 Å². The molecule has 1 aliphatic rings. The summed E-state index contributed by atoms with van der Waals surface area (Å²) in [5, 5.41) is 6.23. The van der Waals surface area contributed by atoms with Crippen LogP contribution in [0, 0.1) is 17.5 Å². The van der Waals surface area contributed by atoms with E-state index in [1.807, 2.05) is 0 Å². The Kier molecular flexibility index (Phi) is 7.48. The van der Waals surface area contributed by atoms with Crippen LogP contribution in [0.1, 0.15) is 17.2 Å². The third-order valence-electron chi connectivity index (χ3n) is 4.88. The summed E-state index contributed by atoms with van der Waals surface area (Å²) in [4.78, 5) is 6.42. The fourth-order valence-electron chi connectivity index (χ4n) is 3.30. The number of morpholine rings is 1. The SMILES string of the molecule is CN=C(NCc1cc(F)ccc1F)NCC(c1ccc(F)cc1)N1CCOCC1. The molecular formula is C21H25F3N4O. The van der Waals surface area contributed by atoms with Gasteiger partial charge >= 0.3 is 0 Å². The minimum absolute atomic E-state index is 0.0102. The van der Waals surface area contributed by atoms with Crippen molar-refractivity contribution in [3.05, 3.63) is 71.0 Å². The van der Waals surface area contributed by atoms with Gasteiger partial charge in [0.2, 0.25) is 0 Å². The zero-order chi connectivity index (χ0) is 20.6. The van der Waals surface area contributed by atoms with Crippen molar-refractivity contribution in [1.29, 1.82) is 0 Å². The van der Waals surface area contributed by atoms with E-state index in [9.17, 15) is 13.2 Å². The number of guanidine groups is 1. The molecule has 29 heavy (non-hydrogen) atoms. The van der Waals surface area contributed by atoms with Gasteiger partial charge in [0.25, 0.3) is 0 Å². The highest BCUT2D eigenvalue weighted by molar-refractivity contribution is 5.79. The first-order valence-corrected chi connectivity index (χ1v) is 9.52. The smallest absolute Gasteiger partial charge is 0.191 e. The van der Waals surface area contributed by atoms with Gasteiger partial charge in [-0.2, -0.15) is 0 Å². The van der Waals surface area contributed by atoms with Crippen molar-refractivity contribution in [3.8, 4) is 0 Å². The first kappa shape index (κ1) is 21.1. The Morgan fingerprint density at radius 3 is 2.41 bits per heavy atom. The van der Waals surface area contributed by atoms with Crippen molar-refractivity contribution in [2.45, 2.75) is 12.6 Å². The van der Waals surface area contributed by atoms with E-state index in [2.05, 4.69) is 20.5 Å². The predicted octanol–water partition coefficient (Wildman–Crippen LogP) is 2.84. The van der Waals surface area contributed by atoms with Gasteiger partial charge in [-0.05, 0) is 35.9 Å². The van der Waals surface area contributed by atoms with E-state index >= 15 is 0 Å². The van der Waals surface area contributed by atoms with Gasteiger partial charge in [-0.25, -0.2) is 13.2 Å². The van der Waals surface area contributed by atoms with Crippen LogP contribution in [0.15, 0.2) is 47.5 Å². The average molecular weight is 406 g/mol. The van der Waals surface area contributed by atoms with Crippen LogP contribution in [0.25, 0.3) is 0 Å². The minimum atomic E-state index is -0.491. The van der Waals surface area contributed by atoms with E-state index in [4.69, 9.17) is 4.74 Å². The van der Waals surface area contributed by atoms with Gasteiger partial charge in [0.1, 0.15) is 17.5 Å². The fraction of sp³-hybridized carbons (Fsp3) is 0.381. The van der Waals surface area contributed by atoms with Crippen molar-refractivity contribution in [2.24, 2.45) is 4.99 Å². The molecule has 1 fully saturated rings. The van der Waals surface area contributed by atoms with Crippen molar-refractivity contribution < 1.29 is 17.9 Å². The topological polar surface area (TPSA) is 48.9 Å². The number of nitrogens with one attached hydrogen (secondary N) is 2. The third-order valence-corrected chi connectivity index (χ3v) is 4.88. The van der Waals surface area contributed by atoms with Crippen LogP contribution in [0.2, 0.25) is 0 Å². The second-order valence-corrected chi connectivity index (χ2v) is 6.76. The van der Waals surface area contributed by atoms with E-state index < -0.39 is 11.6 Å². The zero-order valence-corrected chi connectivity index (χ0v) is 16.3. The Hall–Kier alpha value is -2.58. The predicted molar refractivity (Wildman–Crippen MR) is 106 cm³/mol. The molecule has 1 atom stereocenters. The normalized spacial score (nSPS) is 16.5. The Morgan fingerprint density at radius 1 is 1.03 bits per heavy atom. The molecule has 2 N–H and O–H groups in total. The molecule has 0 aromatic heterocycles. The maximum atomic E-state index is 13.8. The molecule has 2 aromatic carbocycles. The second-order valence-electron chi connectivity index (χ2n) is 6.76. The number of rotatable bonds is 6. The van der Waals surface area contributed by atoms with Crippen molar-refractivity contribution in [2.75, 3.05) is 39.9 Å². The van der Waals surface area contributed by atoms with Crippen LogP contribution in [0.4, 0.5) is 13.2 Å². The molecule has 1 saturated heterocycles. The number of hydrogen-bond acceptors (Lipinski definition) is 3. The first-order valence-electron chi connectivity index (χ1n) is 9.52. The summed E-state index contributed by atoms with van der Waals surface area (Å²) in [5.74, 6) is -0.784. The van der Waals surface area contributed by atoms with Crippen LogP contribution >= 0.6 is 0 Å². The molecular weight excluding hydrogens is 381 g/mol. The molecule has 3 rings (SSSR count). The molecule has 1 heterocycles. The van der Waals surface area contributed by atoms with Gasteiger partial charge in [-0.15, -0.1) is 0 Å². The number of aliphatic imine (C=N–C) groups is 1. The van der Waals surface area contributed by atoms with E-state index in [0.717, 1.165) is 36.9 Å². The van der Waals surface area contributed by atoms with Crippen LogP contribution in [0.5, 0.6) is 0 Å². The Morgan fingerprint density at radius 2 is 1.72 bits per heavy atom. The maximum Gasteiger partial charge on any atom is 0.191 e. The monoisotopic (exact) mass is 406 g/mol. The number of hydrogen-bond donors (Lipinski definition) is 2. The second kappa shape index (κ2) is 10.3. The van der Waals surface area contributed by atoms with Crippen LogP contribution in [-0.4, -0.2) is 50.8 Å². The lowest BCUT2D eigenvalue weighted by molar-refractivity contribution is 0.0170. The quantitative estimate of drug-likeness (QED) is 0.572. The van der Waals surface area contributed by atoms with Crippen molar-refractivity contribution in [3.63, 3.8) is 0 Å². The number of ether oxygens (including phenoxy) is 1. The molecule has 0 radical (unpaired) electrons. The molecule has 0 spiro atoms. The number of benzene rings is 2. The fourth-order valence-corrected chi connectivity index (χ4v) is 3.30. The summed E-state index contributed by atoms with van der Waals surface area (Å²) in [6, 6.07) is 9.78. The zero-order valence-electron chi connectivity index (χ0n) is 16.3. The Labute approximate surface area is 168 Å². The summed E-state index contributed by atoms with van der Waals surface area (Å²) in [6.07, 6.45) is 0. The number of halogens is 3. The Bertz CT molecular complexity index is 823. The van der Waals surface area contributed by atoms with E-state index in [1.165, 1.54) is 12.1 Å². The highest BCUT2D eigenvalue weighted by Gasteiger charge is 2.23. The van der Waals surface area contributed by atoms with Gasteiger partial charge in [0, 0.05) is 38.8 Å². The summed E-state index contributed by atoms with van der Waals surface area (Å²) >= 11 is 0. The molecule has 5 nitrogen and oxygen atoms in total. The molecule has 1 unspecified atom stereocenters. The summed E-state index contributed by atoms with van der Waals surface area (Å²) in [7, 11) is 1.61. The van der Waals surface area contributed by atoms with Crippen LogP contribution in [0.3, 0.4) is 0 Å². The van der Waals surface area contributed by atoms with Gasteiger partial charge in [-0.1, -0.05) is 12.1 Å². The molecule has 0 amide bonds. The lowest BCUT2D eigenvalue weighted by Gasteiger charge is -2.35. The molecule has 0 aliphatic carbocycles. The van der Waals surface area contributed by atoms with Crippen molar-refractivity contribution in [1.82, 2.24) is 15.5 Å². The lowest BCUT2D eigenvalue weighted by atomic mass is 10.0. The maximum absolute atomic E-state index is 13.8. The Balaban J connectivity index is 1.65. The van der Waals surface area contributed by atoms with Crippen LogP contribution in [-0.2, 0) is 11.3 Å². The van der Waals surface area contributed by atoms with E-state index in [0.29, 0.717) is 25.7 Å². The summed E-state index contributed by atoms with van der Waals surface area (Å²) in [5.41, 5.74) is 1.20. The summed E-state index contributed by atoms with van der Waals surface area (Å²) in [6.45, 7) is 3.43. The van der Waals surface area contributed by atoms with E-state index in [1.54, 1.807) is 19.2 Å². The molecule has 8 heteroatoms. The molecule has 2 aromatic rings. The third kappa shape index (κ3) is 5.95. The molecule has 156 valence electrons. The van der Waals surface area contributed by atoms with Gasteiger partial charge in [-0.3, -0.25) is 9.89 Å². The lowest BCUT2D eigenvalue weighted by Crippen LogP contribution is -2.46. The summed E-state index contributed by atoms with van der Waals surface area (Å²) < 4.78 is 45.9. The van der Waals surface area contributed by atoms with Crippen LogP contribution < -0.4 is 10.6 Å². The molecule has 0 bridgehead atoms. The highest BCUT2D eigenvalue weighted by atomic mass is 19.1. The first-order chi connectivity index (χ1) is 14.1. The van der Waals surface area contributed by atoms with Gasteiger partial charge in [0.15, 0.2) is 5.96 Å². The standard InChI is InChI=1S/C21H25F3N4O/c1-25-21(26-13-16-12-18(23)6-7-19(16)24)27-14-20(28-8-10-29-11-9-28)15-2-4-17(22)5-3-15/h2-7,12,20H,8-11,13-14H2,1H3,(H2,25,26,27). The van der Waals surface area contributed by atoms with Gasteiger partial charge < -0.3 is 15.4 Å². The molecule has 0 saturated carbocycles. The largest absolute Gasteiger partial charge is 0.379 e. The average Bonchev–Trinajstić information content (AvgIpc) is 2.74. The number of nitrogens with zero attached hydrogens (tertiary/aromatic N) is 2. The highest BCUT2D eigenvalue weighted by Crippen LogP contribution is 2.21. The van der Waals surface area contributed by atoms with Gasteiger partial charge in [0.05, 0.1) is 19.3 Å². The molecule has 1 aliphatic heterocycles. The van der Waals surface area contributed by atoms with E-state index in [-0.39, 0.29) is 24.0 Å².